The largest absolute Gasteiger partial charge is 0.488 e. The van der Waals surface area contributed by atoms with E-state index in [0.717, 1.165) is 0 Å². The van der Waals surface area contributed by atoms with Crippen molar-refractivity contribution in [3.8, 4) is 5.75 Å². The minimum absolute atomic E-state index is 0.0144. The highest BCUT2D eigenvalue weighted by Gasteiger charge is 2.25. The molecule has 0 spiro atoms. The van der Waals surface area contributed by atoms with Crippen molar-refractivity contribution in [1.29, 1.82) is 0 Å². The van der Waals surface area contributed by atoms with Crippen LogP contribution in [0.5, 0.6) is 5.75 Å². The molecule has 2 aromatic rings. The zero-order valence-electron chi connectivity index (χ0n) is 13.2. The fourth-order valence-electron chi connectivity index (χ4n) is 2.28. The Hall–Kier alpha value is -2.58. The molecular formula is C18H12BrFN2O3S. The first kappa shape index (κ1) is 18.2. The van der Waals surface area contributed by atoms with E-state index in [1.165, 1.54) is 18.2 Å². The van der Waals surface area contributed by atoms with Crippen molar-refractivity contribution in [3.05, 3.63) is 69.5 Å². The van der Waals surface area contributed by atoms with Gasteiger partial charge >= 0.3 is 0 Å². The zero-order chi connectivity index (χ0) is 18.7. The highest BCUT2D eigenvalue weighted by molar-refractivity contribution is 9.10. The quantitative estimate of drug-likeness (QED) is 0.440. The Morgan fingerprint density at radius 2 is 1.85 bits per heavy atom. The van der Waals surface area contributed by atoms with Gasteiger partial charge in [-0.05, 0) is 69.6 Å². The topological polar surface area (TPSA) is 67.4 Å². The van der Waals surface area contributed by atoms with E-state index in [2.05, 4.69) is 26.6 Å². The fraction of sp³-hybridized carbons (Fsp3) is 0.0556. The van der Waals surface area contributed by atoms with Crippen molar-refractivity contribution in [2.45, 2.75) is 6.61 Å². The Kier molecular flexibility index (Phi) is 5.43. The number of carbonyl (C=O) groups is 2. The van der Waals surface area contributed by atoms with Crippen molar-refractivity contribution in [2.75, 3.05) is 0 Å². The number of nitrogens with one attached hydrogen (secondary N) is 2. The van der Waals surface area contributed by atoms with Crippen LogP contribution in [0.1, 0.15) is 11.1 Å². The lowest BCUT2D eigenvalue weighted by Crippen LogP contribution is -2.51. The molecular weight excluding hydrogens is 423 g/mol. The lowest BCUT2D eigenvalue weighted by molar-refractivity contribution is -0.123. The van der Waals surface area contributed by atoms with Gasteiger partial charge in [0.2, 0.25) is 0 Å². The van der Waals surface area contributed by atoms with Gasteiger partial charge in [0, 0.05) is 0 Å². The van der Waals surface area contributed by atoms with Crippen LogP contribution in [0.25, 0.3) is 6.08 Å². The monoisotopic (exact) mass is 434 g/mol. The third-order valence-electron chi connectivity index (χ3n) is 3.49. The van der Waals surface area contributed by atoms with Crippen molar-refractivity contribution in [2.24, 2.45) is 0 Å². The minimum Gasteiger partial charge on any atom is -0.488 e. The highest BCUT2D eigenvalue weighted by atomic mass is 79.9. The summed E-state index contributed by atoms with van der Waals surface area (Å²) in [6, 6.07) is 11.3. The molecule has 3 rings (SSSR count). The number of hydrogen-bond donors (Lipinski definition) is 2. The number of carbonyl (C=O) groups excluding carboxylic acids is 2. The molecule has 2 N–H and O–H groups in total. The lowest BCUT2D eigenvalue weighted by atomic mass is 10.1. The predicted molar refractivity (Wildman–Crippen MR) is 102 cm³/mol. The molecule has 1 aliphatic heterocycles. The van der Waals surface area contributed by atoms with E-state index >= 15 is 0 Å². The van der Waals surface area contributed by atoms with Crippen molar-refractivity contribution in [3.63, 3.8) is 0 Å². The van der Waals surface area contributed by atoms with Crippen LogP contribution < -0.4 is 15.4 Å². The third-order valence-corrected chi connectivity index (χ3v) is 4.32. The van der Waals surface area contributed by atoms with Gasteiger partial charge in [-0.25, -0.2) is 4.39 Å². The average molecular weight is 435 g/mol. The van der Waals surface area contributed by atoms with Gasteiger partial charge in [-0.3, -0.25) is 20.2 Å². The molecule has 1 fully saturated rings. The van der Waals surface area contributed by atoms with E-state index in [-0.39, 0.29) is 23.1 Å². The predicted octanol–water partition coefficient (Wildman–Crippen LogP) is 3.08. The van der Waals surface area contributed by atoms with E-state index in [1.807, 2.05) is 0 Å². The standard InChI is InChI=1S/C18H12BrFN2O3S/c19-14-8-10(7-13-16(23)21-18(26)22-17(13)24)4-5-15(14)25-9-11-2-1-3-12(20)6-11/h1-8H,9H2,(H2,21,22,23,24,26). The van der Waals surface area contributed by atoms with E-state index in [0.29, 0.717) is 21.3 Å². The second kappa shape index (κ2) is 7.76. The maximum Gasteiger partial charge on any atom is 0.263 e. The van der Waals surface area contributed by atoms with Gasteiger partial charge in [0.05, 0.1) is 4.47 Å². The van der Waals surface area contributed by atoms with Gasteiger partial charge in [-0.1, -0.05) is 18.2 Å². The Labute approximate surface area is 162 Å². The van der Waals surface area contributed by atoms with Crippen molar-refractivity contribution >= 4 is 51.2 Å². The van der Waals surface area contributed by atoms with Gasteiger partial charge in [0.25, 0.3) is 11.8 Å². The summed E-state index contributed by atoms with van der Waals surface area (Å²) in [6.07, 6.45) is 1.45. The molecule has 0 aliphatic carbocycles. The smallest absolute Gasteiger partial charge is 0.263 e. The van der Waals surface area contributed by atoms with Gasteiger partial charge in [0.15, 0.2) is 5.11 Å². The molecule has 132 valence electrons. The molecule has 0 unspecified atom stereocenters. The van der Waals surface area contributed by atoms with E-state index < -0.39 is 11.8 Å². The summed E-state index contributed by atoms with van der Waals surface area (Å²) < 4.78 is 19.5. The molecule has 0 atom stereocenters. The number of rotatable bonds is 4. The third kappa shape index (κ3) is 4.33. The van der Waals surface area contributed by atoms with Crippen LogP contribution in [0.3, 0.4) is 0 Å². The average Bonchev–Trinajstić information content (AvgIpc) is 2.57. The summed E-state index contributed by atoms with van der Waals surface area (Å²) in [5.74, 6) is -0.881. The molecule has 8 heteroatoms. The Morgan fingerprint density at radius 3 is 2.50 bits per heavy atom. The first-order valence-corrected chi connectivity index (χ1v) is 8.67. The van der Waals surface area contributed by atoms with E-state index in [1.54, 1.807) is 30.3 Å². The molecule has 5 nitrogen and oxygen atoms in total. The number of hydrogen-bond acceptors (Lipinski definition) is 4. The summed E-state index contributed by atoms with van der Waals surface area (Å²) in [4.78, 5) is 23.7. The molecule has 0 radical (unpaired) electrons. The van der Waals surface area contributed by atoms with Crippen LogP contribution in [0.15, 0.2) is 52.5 Å². The fourth-order valence-corrected chi connectivity index (χ4v) is 2.98. The molecule has 0 aromatic heterocycles. The second-order valence-corrected chi connectivity index (χ2v) is 6.67. The van der Waals surface area contributed by atoms with Crippen LogP contribution in [-0.2, 0) is 16.2 Å². The van der Waals surface area contributed by atoms with Crippen LogP contribution in [0.4, 0.5) is 4.39 Å². The normalized spacial score (nSPS) is 13.9. The Morgan fingerprint density at radius 1 is 1.12 bits per heavy atom. The number of halogens is 2. The zero-order valence-corrected chi connectivity index (χ0v) is 15.6. The van der Waals surface area contributed by atoms with E-state index in [9.17, 15) is 14.0 Å². The van der Waals surface area contributed by atoms with Crippen LogP contribution >= 0.6 is 28.1 Å². The minimum atomic E-state index is -0.554. The van der Waals surface area contributed by atoms with Gasteiger partial charge in [-0.15, -0.1) is 0 Å². The van der Waals surface area contributed by atoms with Crippen LogP contribution in [-0.4, -0.2) is 16.9 Å². The lowest BCUT2D eigenvalue weighted by Gasteiger charge is -2.16. The number of amides is 2. The summed E-state index contributed by atoms with van der Waals surface area (Å²) in [7, 11) is 0. The van der Waals surface area contributed by atoms with Crippen molar-refractivity contribution in [1.82, 2.24) is 10.6 Å². The molecule has 1 aliphatic rings. The van der Waals surface area contributed by atoms with Gasteiger partial charge < -0.3 is 4.74 Å². The molecule has 1 heterocycles. The SMILES string of the molecule is O=C1NC(=S)NC(=O)C1=Cc1ccc(OCc2cccc(F)c2)c(Br)c1. The number of benzene rings is 2. The summed E-state index contributed by atoms with van der Waals surface area (Å²) in [5, 5.41) is 4.73. The molecule has 26 heavy (non-hydrogen) atoms. The van der Waals surface area contributed by atoms with Crippen LogP contribution in [0, 0.1) is 5.82 Å². The van der Waals surface area contributed by atoms with Gasteiger partial charge in [0.1, 0.15) is 23.7 Å². The summed E-state index contributed by atoms with van der Waals surface area (Å²) in [6.45, 7) is 0.207. The van der Waals surface area contributed by atoms with Crippen LogP contribution in [0.2, 0.25) is 0 Å². The molecule has 1 saturated heterocycles. The number of thiocarbonyl (C=S) groups is 1. The first-order valence-electron chi connectivity index (χ1n) is 7.47. The Bertz CT molecular complexity index is 924. The number of ether oxygens (including phenoxy) is 1. The highest BCUT2D eigenvalue weighted by Crippen LogP contribution is 2.28. The van der Waals surface area contributed by atoms with Crippen molar-refractivity contribution < 1.29 is 18.7 Å². The molecule has 0 bridgehead atoms. The first-order chi connectivity index (χ1) is 12.4. The maximum atomic E-state index is 13.2. The summed E-state index contributed by atoms with van der Waals surface area (Å²) >= 11 is 8.14. The summed E-state index contributed by atoms with van der Waals surface area (Å²) in [5.41, 5.74) is 1.29. The molecule has 2 aromatic carbocycles. The molecule has 2 amide bonds. The molecule has 0 saturated carbocycles. The Balaban J connectivity index is 1.75. The second-order valence-electron chi connectivity index (χ2n) is 5.40. The van der Waals surface area contributed by atoms with Gasteiger partial charge in [-0.2, -0.15) is 0 Å². The van der Waals surface area contributed by atoms with E-state index in [4.69, 9.17) is 17.0 Å². The maximum absolute atomic E-state index is 13.2.